The van der Waals surface area contributed by atoms with E-state index in [0.717, 1.165) is 18.5 Å². The van der Waals surface area contributed by atoms with Crippen molar-refractivity contribution in [1.29, 1.82) is 0 Å². The summed E-state index contributed by atoms with van der Waals surface area (Å²) in [5.74, 6) is -0.0447. The molecule has 0 unspecified atom stereocenters. The summed E-state index contributed by atoms with van der Waals surface area (Å²) in [6, 6.07) is 11.4. The second-order valence-electron chi connectivity index (χ2n) is 5.46. The Morgan fingerprint density at radius 3 is 2.78 bits per heavy atom. The SMILES string of the molecule is O=C(NCC(=O)N1CCc2sccc2C1)NCc1ccccc1. The predicted molar refractivity (Wildman–Crippen MR) is 90.1 cm³/mol. The molecule has 0 spiro atoms. The number of rotatable bonds is 4. The average molecular weight is 329 g/mol. The normalized spacial score (nSPS) is 13.3. The summed E-state index contributed by atoms with van der Waals surface area (Å²) in [5, 5.41) is 7.44. The maximum absolute atomic E-state index is 12.2. The van der Waals surface area contributed by atoms with E-state index in [4.69, 9.17) is 0 Å². The van der Waals surface area contributed by atoms with Gasteiger partial charge in [0.15, 0.2) is 0 Å². The summed E-state index contributed by atoms with van der Waals surface area (Å²) in [4.78, 5) is 27.1. The van der Waals surface area contributed by atoms with Crippen molar-refractivity contribution in [3.63, 3.8) is 0 Å². The van der Waals surface area contributed by atoms with E-state index in [1.54, 1.807) is 16.2 Å². The third-order valence-electron chi connectivity index (χ3n) is 3.86. The number of hydrogen-bond donors (Lipinski definition) is 2. The van der Waals surface area contributed by atoms with Crippen LogP contribution in [0.5, 0.6) is 0 Å². The van der Waals surface area contributed by atoms with Crippen LogP contribution in [0.2, 0.25) is 0 Å². The van der Waals surface area contributed by atoms with Crippen LogP contribution in [0.15, 0.2) is 41.8 Å². The van der Waals surface area contributed by atoms with Gasteiger partial charge in [-0.15, -0.1) is 11.3 Å². The number of amides is 3. The number of hydrogen-bond acceptors (Lipinski definition) is 3. The zero-order chi connectivity index (χ0) is 16.1. The van der Waals surface area contributed by atoms with Crippen molar-refractivity contribution in [3.8, 4) is 0 Å². The summed E-state index contributed by atoms with van der Waals surface area (Å²) < 4.78 is 0. The van der Waals surface area contributed by atoms with Gasteiger partial charge in [-0.3, -0.25) is 4.79 Å². The van der Waals surface area contributed by atoms with E-state index < -0.39 is 0 Å². The topological polar surface area (TPSA) is 61.4 Å². The van der Waals surface area contributed by atoms with Gasteiger partial charge in [-0.1, -0.05) is 30.3 Å². The molecule has 0 saturated carbocycles. The first-order chi connectivity index (χ1) is 11.2. The van der Waals surface area contributed by atoms with Gasteiger partial charge in [-0.05, 0) is 29.0 Å². The molecule has 1 aliphatic heterocycles. The van der Waals surface area contributed by atoms with E-state index in [9.17, 15) is 9.59 Å². The zero-order valence-electron chi connectivity index (χ0n) is 12.7. The maximum atomic E-state index is 12.2. The largest absolute Gasteiger partial charge is 0.336 e. The van der Waals surface area contributed by atoms with Crippen LogP contribution in [0, 0.1) is 0 Å². The lowest BCUT2D eigenvalue weighted by molar-refractivity contribution is -0.130. The highest BCUT2D eigenvalue weighted by atomic mass is 32.1. The van der Waals surface area contributed by atoms with Gasteiger partial charge in [0.1, 0.15) is 0 Å². The molecule has 0 bridgehead atoms. The molecule has 1 aliphatic rings. The van der Waals surface area contributed by atoms with E-state index in [0.29, 0.717) is 13.1 Å². The molecule has 1 aromatic carbocycles. The fourth-order valence-corrected chi connectivity index (χ4v) is 3.46. The van der Waals surface area contributed by atoms with Crippen molar-refractivity contribution in [3.05, 3.63) is 57.8 Å². The Kier molecular flexibility index (Phi) is 4.92. The number of carbonyl (C=O) groups excluding carboxylic acids is 2. The predicted octanol–water partition coefficient (Wildman–Crippen LogP) is 2.13. The molecule has 0 fully saturated rings. The fraction of sp³-hybridized carbons (Fsp3) is 0.294. The Hall–Kier alpha value is -2.34. The summed E-state index contributed by atoms with van der Waals surface area (Å²) >= 11 is 1.74. The molecule has 3 amide bonds. The highest BCUT2D eigenvalue weighted by Gasteiger charge is 2.21. The van der Waals surface area contributed by atoms with Crippen LogP contribution in [0.3, 0.4) is 0 Å². The molecule has 120 valence electrons. The summed E-state index contributed by atoms with van der Waals surface area (Å²) in [7, 11) is 0. The van der Waals surface area contributed by atoms with Gasteiger partial charge >= 0.3 is 6.03 Å². The number of carbonyl (C=O) groups is 2. The number of nitrogens with zero attached hydrogens (tertiary/aromatic N) is 1. The minimum atomic E-state index is -0.324. The number of urea groups is 1. The molecule has 23 heavy (non-hydrogen) atoms. The standard InChI is InChI=1S/C17H19N3O2S/c21-16(20-8-6-15-14(12-20)7-9-23-15)11-19-17(22)18-10-13-4-2-1-3-5-13/h1-5,7,9H,6,8,10-12H2,(H2,18,19,22). The van der Waals surface area contributed by atoms with Crippen molar-refractivity contribution in [2.24, 2.45) is 0 Å². The van der Waals surface area contributed by atoms with Crippen molar-refractivity contribution < 1.29 is 9.59 Å². The van der Waals surface area contributed by atoms with Gasteiger partial charge in [0.05, 0.1) is 6.54 Å². The minimum absolute atomic E-state index is 0.0279. The first-order valence-corrected chi connectivity index (χ1v) is 8.49. The Labute approximate surface area is 139 Å². The fourth-order valence-electron chi connectivity index (χ4n) is 2.57. The van der Waals surface area contributed by atoms with Gasteiger partial charge in [-0.2, -0.15) is 0 Å². The van der Waals surface area contributed by atoms with E-state index in [2.05, 4.69) is 22.1 Å². The maximum Gasteiger partial charge on any atom is 0.315 e. The number of thiophene rings is 1. The Morgan fingerprint density at radius 1 is 1.13 bits per heavy atom. The van der Waals surface area contributed by atoms with Gasteiger partial charge in [0, 0.05) is 24.5 Å². The van der Waals surface area contributed by atoms with Crippen LogP contribution >= 0.6 is 11.3 Å². The molecule has 0 saturated heterocycles. The van der Waals surface area contributed by atoms with E-state index in [-0.39, 0.29) is 18.5 Å². The van der Waals surface area contributed by atoms with E-state index >= 15 is 0 Å². The molecule has 2 aromatic rings. The highest BCUT2D eigenvalue weighted by molar-refractivity contribution is 7.10. The smallest absolute Gasteiger partial charge is 0.315 e. The average Bonchev–Trinajstić information content (AvgIpc) is 3.06. The van der Waals surface area contributed by atoms with Crippen LogP contribution < -0.4 is 10.6 Å². The summed E-state index contributed by atoms with van der Waals surface area (Å²) in [6.07, 6.45) is 0.902. The number of nitrogens with one attached hydrogen (secondary N) is 2. The quantitative estimate of drug-likeness (QED) is 0.903. The van der Waals surface area contributed by atoms with Gasteiger partial charge < -0.3 is 15.5 Å². The molecule has 0 radical (unpaired) electrons. The monoisotopic (exact) mass is 329 g/mol. The Morgan fingerprint density at radius 2 is 1.96 bits per heavy atom. The molecule has 0 aliphatic carbocycles. The lowest BCUT2D eigenvalue weighted by atomic mass is 10.1. The van der Waals surface area contributed by atoms with Crippen molar-refractivity contribution in [2.75, 3.05) is 13.1 Å². The Bertz CT molecular complexity index is 684. The van der Waals surface area contributed by atoms with Crippen molar-refractivity contribution >= 4 is 23.3 Å². The van der Waals surface area contributed by atoms with Gasteiger partial charge in [-0.25, -0.2) is 4.79 Å². The second kappa shape index (κ2) is 7.28. The van der Waals surface area contributed by atoms with Gasteiger partial charge in [0.2, 0.25) is 5.91 Å². The lowest BCUT2D eigenvalue weighted by Gasteiger charge is -2.27. The third kappa shape index (κ3) is 4.10. The van der Waals surface area contributed by atoms with Crippen LogP contribution in [-0.2, 0) is 24.3 Å². The molecule has 5 nitrogen and oxygen atoms in total. The number of benzene rings is 1. The van der Waals surface area contributed by atoms with Gasteiger partial charge in [0.25, 0.3) is 0 Å². The summed E-state index contributed by atoms with van der Waals surface area (Å²) in [6.45, 7) is 1.84. The van der Waals surface area contributed by atoms with Crippen LogP contribution in [0.1, 0.15) is 16.0 Å². The van der Waals surface area contributed by atoms with E-state index in [1.807, 2.05) is 30.3 Å². The zero-order valence-corrected chi connectivity index (χ0v) is 13.6. The van der Waals surface area contributed by atoms with Crippen LogP contribution in [0.4, 0.5) is 4.79 Å². The van der Waals surface area contributed by atoms with Crippen molar-refractivity contribution in [2.45, 2.75) is 19.5 Å². The molecule has 2 N–H and O–H groups in total. The number of fused-ring (bicyclic) bond motifs is 1. The van der Waals surface area contributed by atoms with Crippen LogP contribution in [-0.4, -0.2) is 29.9 Å². The summed E-state index contributed by atoms with van der Waals surface area (Å²) in [5.41, 5.74) is 2.25. The van der Waals surface area contributed by atoms with Crippen LogP contribution in [0.25, 0.3) is 0 Å². The molecule has 1 aromatic heterocycles. The molecule has 0 atom stereocenters. The van der Waals surface area contributed by atoms with Crippen molar-refractivity contribution in [1.82, 2.24) is 15.5 Å². The molecule has 6 heteroatoms. The third-order valence-corrected chi connectivity index (χ3v) is 4.88. The first-order valence-electron chi connectivity index (χ1n) is 7.61. The molecule has 2 heterocycles. The highest BCUT2D eigenvalue weighted by Crippen LogP contribution is 2.23. The second-order valence-corrected chi connectivity index (χ2v) is 6.46. The minimum Gasteiger partial charge on any atom is -0.336 e. The first kappa shape index (κ1) is 15.6. The molecule has 3 rings (SSSR count). The molecular formula is C17H19N3O2S. The molecular weight excluding hydrogens is 310 g/mol. The Balaban J connectivity index is 1.41. The lowest BCUT2D eigenvalue weighted by Crippen LogP contribution is -2.44. The van der Waals surface area contributed by atoms with E-state index in [1.165, 1.54) is 10.4 Å².